The summed E-state index contributed by atoms with van der Waals surface area (Å²) in [4.78, 5) is 38.9. The van der Waals surface area contributed by atoms with Gasteiger partial charge in [-0.1, -0.05) is 0 Å². The molecule has 7 nitrogen and oxygen atoms in total. The van der Waals surface area contributed by atoms with E-state index < -0.39 is 29.6 Å². The van der Waals surface area contributed by atoms with Crippen molar-refractivity contribution < 1.29 is 33.0 Å². The van der Waals surface area contributed by atoms with Gasteiger partial charge in [0.2, 0.25) is 11.7 Å². The third-order valence-corrected chi connectivity index (χ3v) is 4.93. The highest BCUT2D eigenvalue weighted by Crippen LogP contribution is 2.36. The summed E-state index contributed by atoms with van der Waals surface area (Å²) >= 11 is 0. The Morgan fingerprint density at radius 2 is 1.80 bits per heavy atom. The molecule has 1 fully saturated rings. The molecule has 1 saturated heterocycles. The minimum Gasteiger partial charge on any atom is -0.497 e. The highest BCUT2D eigenvalue weighted by molar-refractivity contribution is 6.02. The standard InChI is InChI=1S/C22H22FNO6/c1-13(21(26)14-4-6-16(23)7-5-14)30-22(27)15-10-20(25)24(12-15)18-9-8-17(28-2)11-19(18)29-3/h4-9,11,13,15H,10,12H2,1-3H3/t13-,15-/m1/s1. The maximum absolute atomic E-state index is 13.0. The SMILES string of the molecule is COc1ccc(N2C[C@H](C(=O)O[C@H](C)C(=O)c3ccc(F)cc3)CC2=O)c(OC)c1. The summed E-state index contributed by atoms with van der Waals surface area (Å²) in [7, 11) is 3.00. The average molecular weight is 415 g/mol. The third kappa shape index (κ3) is 4.42. The van der Waals surface area contributed by atoms with Crippen LogP contribution >= 0.6 is 0 Å². The lowest BCUT2D eigenvalue weighted by Crippen LogP contribution is -2.30. The van der Waals surface area contributed by atoms with Crippen LogP contribution in [0.4, 0.5) is 10.1 Å². The molecule has 1 aliphatic rings. The number of rotatable bonds is 7. The molecular weight excluding hydrogens is 393 g/mol. The summed E-state index contributed by atoms with van der Waals surface area (Å²) in [5.41, 5.74) is 0.762. The number of esters is 1. The summed E-state index contributed by atoms with van der Waals surface area (Å²) < 4.78 is 28.8. The van der Waals surface area contributed by atoms with E-state index >= 15 is 0 Å². The van der Waals surface area contributed by atoms with Crippen molar-refractivity contribution in [2.45, 2.75) is 19.4 Å². The number of ether oxygens (including phenoxy) is 3. The van der Waals surface area contributed by atoms with Gasteiger partial charge in [0.05, 0.1) is 25.8 Å². The number of hydrogen-bond acceptors (Lipinski definition) is 6. The van der Waals surface area contributed by atoms with Crippen LogP contribution in [0.15, 0.2) is 42.5 Å². The molecule has 8 heteroatoms. The van der Waals surface area contributed by atoms with Gasteiger partial charge in [-0.3, -0.25) is 14.4 Å². The fraction of sp³-hybridized carbons (Fsp3) is 0.318. The number of hydrogen-bond donors (Lipinski definition) is 0. The molecule has 0 N–H and O–H groups in total. The van der Waals surface area contributed by atoms with Gasteiger partial charge >= 0.3 is 5.97 Å². The number of methoxy groups -OCH3 is 2. The summed E-state index contributed by atoms with van der Waals surface area (Å²) in [6, 6.07) is 10.0. The molecule has 0 aliphatic carbocycles. The van der Waals surface area contributed by atoms with Crippen molar-refractivity contribution in [3.05, 3.63) is 53.8 Å². The molecule has 2 aromatic rings. The quantitative estimate of drug-likeness (QED) is 0.511. The van der Waals surface area contributed by atoms with Crippen molar-refractivity contribution in [1.29, 1.82) is 0 Å². The van der Waals surface area contributed by atoms with Gasteiger partial charge in [0, 0.05) is 24.6 Å². The van der Waals surface area contributed by atoms with Crippen LogP contribution in [0.25, 0.3) is 0 Å². The van der Waals surface area contributed by atoms with Gasteiger partial charge in [0.25, 0.3) is 0 Å². The highest BCUT2D eigenvalue weighted by atomic mass is 19.1. The number of anilines is 1. The fourth-order valence-electron chi connectivity index (χ4n) is 3.28. The Kier molecular flexibility index (Phi) is 6.34. The first-order valence-electron chi connectivity index (χ1n) is 9.36. The van der Waals surface area contributed by atoms with Gasteiger partial charge in [-0.05, 0) is 43.3 Å². The van der Waals surface area contributed by atoms with Gasteiger partial charge in [0.1, 0.15) is 17.3 Å². The number of Topliss-reactive ketones (excluding diaryl/α,β-unsaturated/α-hetero) is 1. The molecule has 0 radical (unpaired) electrons. The Morgan fingerprint density at radius 1 is 1.10 bits per heavy atom. The Bertz CT molecular complexity index is 959. The van der Waals surface area contributed by atoms with E-state index in [0.717, 1.165) is 12.1 Å². The van der Waals surface area contributed by atoms with Crippen molar-refractivity contribution in [3.63, 3.8) is 0 Å². The Hall–Kier alpha value is -3.42. The zero-order valence-corrected chi connectivity index (χ0v) is 16.9. The van der Waals surface area contributed by atoms with Crippen LogP contribution in [-0.4, -0.2) is 44.5 Å². The zero-order valence-electron chi connectivity index (χ0n) is 16.9. The first kappa shape index (κ1) is 21.3. The first-order valence-corrected chi connectivity index (χ1v) is 9.36. The Morgan fingerprint density at radius 3 is 2.43 bits per heavy atom. The van der Waals surface area contributed by atoms with E-state index in [9.17, 15) is 18.8 Å². The van der Waals surface area contributed by atoms with Crippen LogP contribution in [0.2, 0.25) is 0 Å². The monoisotopic (exact) mass is 415 g/mol. The molecular formula is C22H22FNO6. The number of carbonyl (C=O) groups is 3. The molecule has 3 rings (SSSR count). The maximum Gasteiger partial charge on any atom is 0.312 e. The molecule has 1 heterocycles. The summed E-state index contributed by atoms with van der Waals surface area (Å²) in [6.07, 6.45) is -1.09. The molecule has 1 aliphatic heterocycles. The molecule has 30 heavy (non-hydrogen) atoms. The second-order valence-electron chi connectivity index (χ2n) is 6.89. The second-order valence-corrected chi connectivity index (χ2v) is 6.89. The van der Waals surface area contributed by atoms with Crippen molar-refractivity contribution in [3.8, 4) is 11.5 Å². The van der Waals surface area contributed by atoms with E-state index in [-0.39, 0.29) is 24.4 Å². The Labute approximate surface area is 173 Å². The lowest BCUT2D eigenvalue weighted by Gasteiger charge is -2.20. The number of carbonyl (C=O) groups excluding carboxylic acids is 3. The topological polar surface area (TPSA) is 82.1 Å². The maximum atomic E-state index is 13.0. The average Bonchev–Trinajstić information content (AvgIpc) is 3.14. The molecule has 0 aromatic heterocycles. The van der Waals surface area contributed by atoms with Crippen molar-refractivity contribution in [1.82, 2.24) is 0 Å². The summed E-state index contributed by atoms with van der Waals surface area (Å²) in [6.45, 7) is 1.56. The van der Waals surface area contributed by atoms with E-state index in [1.807, 2.05) is 0 Å². The molecule has 1 amide bonds. The van der Waals surface area contributed by atoms with Gasteiger partial charge in [0.15, 0.2) is 6.10 Å². The van der Waals surface area contributed by atoms with Crippen molar-refractivity contribution in [2.75, 3.05) is 25.7 Å². The molecule has 2 aromatic carbocycles. The third-order valence-electron chi connectivity index (χ3n) is 4.93. The second kappa shape index (κ2) is 8.94. The van der Waals surface area contributed by atoms with Gasteiger partial charge < -0.3 is 19.1 Å². The minimum atomic E-state index is -1.05. The van der Waals surface area contributed by atoms with E-state index in [1.165, 1.54) is 38.2 Å². The molecule has 2 atom stereocenters. The number of nitrogens with zero attached hydrogens (tertiary/aromatic N) is 1. The minimum absolute atomic E-state index is 0.0362. The molecule has 0 unspecified atom stereocenters. The lowest BCUT2D eigenvalue weighted by molar-refractivity contribution is -0.151. The predicted molar refractivity (Wildman–Crippen MR) is 106 cm³/mol. The van der Waals surface area contributed by atoms with E-state index in [4.69, 9.17) is 14.2 Å². The number of amides is 1. The van der Waals surface area contributed by atoms with Crippen LogP contribution in [0, 0.1) is 11.7 Å². The van der Waals surface area contributed by atoms with E-state index in [2.05, 4.69) is 0 Å². The smallest absolute Gasteiger partial charge is 0.312 e. The predicted octanol–water partition coefficient (Wildman–Crippen LogP) is 3.01. The summed E-state index contributed by atoms with van der Waals surface area (Å²) in [5, 5.41) is 0. The largest absolute Gasteiger partial charge is 0.497 e. The molecule has 158 valence electrons. The lowest BCUT2D eigenvalue weighted by atomic mass is 10.1. The highest BCUT2D eigenvalue weighted by Gasteiger charge is 2.38. The molecule has 0 bridgehead atoms. The van der Waals surface area contributed by atoms with E-state index in [1.54, 1.807) is 18.2 Å². The van der Waals surface area contributed by atoms with Gasteiger partial charge in [-0.15, -0.1) is 0 Å². The van der Waals surface area contributed by atoms with Crippen LogP contribution in [0.3, 0.4) is 0 Å². The Balaban J connectivity index is 1.68. The molecule has 0 saturated carbocycles. The van der Waals surface area contributed by atoms with Gasteiger partial charge in [-0.25, -0.2) is 4.39 Å². The molecule has 0 spiro atoms. The number of benzene rings is 2. The normalized spacial score (nSPS) is 16.9. The summed E-state index contributed by atoms with van der Waals surface area (Å²) in [5.74, 6) is -1.49. The van der Waals surface area contributed by atoms with Gasteiger partial charge in [-0.2, -0.15) is 0 Å². The van der Waals surface area contributed by atoms with Crippen LogP contribution in [0.1, 0.15) is 23.7 Å². The number of halogens is 1. The van der Waals surface area contributed by atoms with Crippen LogP contribution in [0.5, 0.6) is 11.5 Å². The van der Waals surface area contributed by atoms with Crippen LogP contribution in [-0.2, 0) is 14.3 Å². The zero-order chi connectivity index (χ0) is 21.8. The first-order chi connectivity index (χ1) is 14.3. The van der Waals surface area contributed by atoms with Crippen molar-refractivity contribution in [2.24, 2.45) is 5.92 Å². The van der Waals surface area contributed by atoms with Crippen molar-refractivity contribution >= 4 is 23.3 Å². The van der Waals surface area contributed by atoms with E-state index in [0.29, 0.717) is 17.2 Å². The fourth-order valence-corrected chi connectivity index (χ4v) is 3.28. The number of ketones is 1. The van der Waals surface area contributed by atoms with Crippen LogP contribution < -0.4 is 14.4 Å².